The smallest absolute Gasteiger partial charge is 0.312 e. The van der Waals surface area contributed by atoms with Gasteiger partial charge >= 0.3 is 6.03 Å². The number of amides is 3. The molecule has 1 aromatic carbocycles. The third-order valence-corrected chi connectivity index (χ3v) is 3.90. The summed E-state index contributed by atoms with van der Waals surface area (Å²) in [4.78, 5) is 23.0. The number of rotatable bonds is 7. The molecular weight excluding hydrogens is 304 g/mol. The van der Waals surface area contributed by atoms with Crippen molar-refractivity contribution >= 4 is 30.0 Å². The number of urea groups is 1. The van der Waals surface area contributed by atoms with Gasteiger partial charge < -0.3 is 22.1 Å². The van der Waals surface area contributed by atoms with E-state index in [0.717, 1.165) is 5.56 Å². The third-order valence-electron chi connectivity index (χ3n) is 3.90. The van der Waals surface area contributed by atoms with Gasteiger partial charge in [0.2, 0.25) is 5.91 Å². The summed E-state index contributed by atoms with van der Waals surface area (Å²) in [6.07, 6.45) is 1.40. The summed E-state index contributed by atoms with van der Waals surface area (Å²) in [5, 5.41) is 5.41. The van der Waals surface area contributed by atoms with Crippen molar-refractivity contribution in [1.29, 1.82) is 0 Å². The van der Waals surface area contributed by atoms with Crippen molar-refractivity contribution in [2.75, 3.05) is 11.9 Å². The summed E-state index contributed by atoms with van der Waals surface area (Å²) in [5.74, 6) is -0.0574. The number of benzene rings is 1. The highest BCUT2D eigenvalue weighted by Crippen LogP contribution is 2.27. The second-order valence-corrected chi connectivity index (χ2v) is 5.06. The van der Waals surface area contributed by atoms with E-state index in [0.29, 0.717) is 31.6 Å². The lowest BCUT2D eigenvalue weighted by Crippen LogP contribution is -2.41. The molecule has 6 nitrogen and oxygen atoms in total. The lowest BCUT2D eigenvalue weighted by atomic mass is 9.81. The zero-order chi connectivity index (χ0) is 15.9. The van der Waals surface area contributed by atoms with E-state index in [2.05, 4.69) is 10.6 Å². The molecule has 22 heavy (non-hydrogen) atoms. The van der Waals surface area contributed by atoms with Crippen LogP contribution in [-0.2, 0) is 11.3 Å². The summed E-state index contributed by atoms with van der Waals surface area (Å²) in [7, 11) is 0. The maximum absolute atomic E-state index is 12.4. The molecule has 0 aliphatic carbocycles. The molecule has 124 valence electrons. The van der Waals surface area contributed by atoms with Crippen LogP contribution < -0.4 is 22.1 Å². The summed E-state index contributed by atoms with van der Waals surface area (Å²) in [6, 6.07) is 6.68. The minimum atomic E-state index is -0.564. The van der Waals surface area contributed by atoms with Gasteiger partial charge in [0.05, 0.1) is 5.41 Å². The number of carbonyl (C=O) groups excluding carboxylic acids is 2. The fourth-order valence-electron chi connectivity index (χ4n) is 2.11. The Balaban J connectivity index is 0.00000441. The van der Waals surface area contributed by atoms with Crippen LogP contribution in [0, 0.1) is 5.41 Å². The van der Waals surface area contributed by atoms with Crippen LogP contribution in [0.25, 0.3) is 0 Å². The van der Waals surface area contributed by atoms with E-state index < -0.39 is 11.4 Å². The van der Waals surface area contributed by atoms with Gasteiger partial charge in [-0.3, -0.25) is 4.79 Å². The van der Waals surface area contributed by atoms with Crippen molar-refractivity contribution in [2.45, 2.75) is 33.2 Å². The maximum Gasteiger partial charge on any atom is 0.312 e. The predicted molar refractivity (Wildman–Crippen MR) is 90.8 cm³/mol. The summed E-state index contributed by atoms with van der Waals surface area (Å²) >= 11 is 0. The first-order chi connectivity index (χ1) is 9.97. The number of carbonyl (C=O) groups is 2. The van der Waals surface area contributed by atoms with Gasteiger partial charge in [0.15, 0.2) is 0 Å². The Morgan fingerprint density at radius 3 is 2.09 bits per heavy atom. The van der Waals surface area contributed by atoms with Crippen molar-refractivity contribution in [3.05, 3.63) is 29.8 Å². The Kier molecular flexibility index (Phi) is 8.52. The van der Waals surface area contributed by atoms with Gasteiger partial charge in [-0.05, 0) is 30.5 Å². The number of primary amides is 1. The lowest BCUT2D eigenvalue weighted by molar-refractivity contribution is -0.125. The standard InChI is InChI=1S/C15H24N4O2.ClH/c1-3-15(4-2,10-16)13(20)19-12-7-5-11(6-8-12)9-18-14(17)21;/h5-8H,3-4,9-10,16H2,1-2H3,(H,19,20)(H3,17,18,21);1H. The molecule has 7 heteroatoms. The van der Waals surface area contributed by atoms with Crippen LogP contribution in [0.2, 0.25) is 0 Å². The highest BCUT2D eigenvalue weighted by Gasteiger charge is 2.33. The van der Waals surface area contributed by atoms with Crippen LogP contribution >= 0.6 is 12.4 Å². The molecule has 0 saturated heterocycles. The van der Waals surface area contributed by atoms with Crippen LogP contribution in [-0.4, -0.2) is 18.5 Å². The average molecular weight is 329 g/mol. The van der Waals surface area contributed by atoms with E-state index in [1.54, 1.807) is 12.1 Å². The number of anilines is 1. The predicted octanol–water partition coefficient (Wildman–Crippen LogP) is 1.98. The minimum absolute atomic E-state index is 0. The normalized spacial score (nSPS) is 10.5. The number of hydrogen-bond donors (Lipinski definition) is 4. The second kappa shape index (κ2) is 9.27. The first-order valence-electron chi connectivity index (χ1n) is 7.11. The summed E-state index contributed by atoms with van der Waals surface area (Å²) in [5.41, 5.74) is 11.9. The van der Waals surface area contributed by atoms with Crippen LogP contribution in [0.3, 0.4) is 0 Å². The molecule has 0 saturated carbocycles. The Bertz CT molecular complexity index is 479. The van der Waals surface area contributed by atoms with Gasteiger partial charge in [0.25, 0.3) is 0 Å². The number of hydrogen-bond acceptors (Lipinski definition) is 3. The Morgan fingerprint density at radius 1 is 1.14 bits per heavy atom. The van der Waals surface area contributed by atoms with Crippen molar-refractivity contribution in [1.82, 2.24) is 5.32 Å². The molecule has 0 spiro atoms. The van der Waals surface area contributed by atoms with E-state index in [-0.39, 0.29) is 18.3 Å². The fourth-order valence-corrected chi connectivity index (χ4v) is 2.11. The largest absolute Gasteiger partial charge is 0.352 e. The van der Waals surface area contributed by atoms with E-state index in [1.807, 2.05) is 26.0 Å². The number of nitrogens with two attached hydrogens (primary N) is 2. The van der Waals surface area contributed by atoms with Gasteiger partial charge in [-0.1, -0.05) is 26.0 Å². The zero-order valence-corrected chi connectivity index (χ0v) is 13.8. The SMILES string of the molecule is CCC(CC)(CN)C(=O)Nc1ccc(CNC(N)=O)cc1.Cl. The molecular formula is C15H25ClN4O2. The molecule has 3 amide bonds. The van der Waals surface area contributed by atoms with Crippen LogP contribution in [0.1, 0.15) is 32.3 Å². The van der Waals surface area contributed by atoms with Gasteiger partial charge in [0.1, 0.15) is 0 Å². The van der Waals surface area contributed by atoms with Crippen LogP contribution in [0.4, 0.5) is 10.5 Å². The molecule has 0 aromatic heterocycles. The van der Waals surface area contributed by atoms with Crippen molar-refractivity contribution in [2.24, 2.45) is 16.9 Å². The monoisotopic (exact) mass is 328 g/mol. The van der Waals surface area contributed by atoms with E-state index >= 15 is 0 Å². The van der Waals surface area contributed by atoms with Gasteiger partial charge in [0, 0.05) is 18.8 Å². The molecule has 0 radical (unpaired) electrons. The molecule has 0 aliphatic rings. The Morgan fingerprint density at radius 2 is 1.68 bits per heavy atom. The number of halogens is 1. The summed E-state index contributed by atoms with van der Waals surface area (Å²) in [6.45, 7) is 4.62. The van der Waals surface area contributed by atoms with Crippen LogP contribution in [0.15, 0.2) is 24.3 Å². The molecule has 1 rings (SSSR count). The number of nitrogens with one attached hydrogen (secondary N) is 2. The van der Waals surface area contributed by atoms with E-state index in [1.165, 1.54) is 0 Å². The van der Waals surface area contributed by atoms with Crippen molar-refractivity contribution < 1.29 is 9.59 Å². The third kappa shape index (κ3) is 5.20. The zero-order valence-electron chi connectivity index (χ0n) is 13.0. The Hall–Kier alpha value is -1.79. The maximum atomic E-state index is 12.4. The quantitative estimate of drug-likeness (QED) is 0.614. The highest BCUT2D eigenvalue weighted by molar-refractivity contribution is 5.95. The molecule has 0 aliphatic heterocycles. The van der Waals surface area contributed by atoms with E-state index in [4.69, 9.17) is 11.5 Å². The first-order valence-corrected chi connectivity index (χ1v) is 7.11. The van der Waals surface area contributed by atoms with Gasteiger partial charge in [-0.15, -0.1) is 12.4 Å². The van der Waals surface area contributed by atoms with Gasteiger partial charge in [-0.2, -0.15) is 0 Å². The first kappa shape index (κ1) is 20.2. The summed E-state index contributed by atoms with van der Waals surface area (Å²) < 4.78 is 0. The molecule has 0 atom stereocenters. The van der Waals surface area contributed by atoms with Crippen molar-refractivity contribution in [3.8, 4) is 0 Å². The Labute approximate surface area is 137 Å². The van der Waals surface area contributed by atoms with E-state index in [9.17, 15) is 9.59 Å². The molecule has 1 aromatic rings. The van der Waals surface area contributed by atoms with Gasteiger partial charge in [-0.25, -0.2) is 4.79 Å². The molecule has 0 unspecified atom stereocenters. The highest BCUT2D eigenvalue weighted by atomic mass is 35.5. The molecule has 6 N–H and O–H groups in total. The second-order valence-electron chi connectivity index (χ2n) is 5.06. The van der Waals surface area contributed by atoms with Crippen LogP contribution in [0.5, 0.6) is 0 Å². The van der Waals surface area contributed by atoms with Crippen molar-refractivity contribution in [3.63, 3.8) is 0 Å². The fraction of sp³-hybridized carbons (Fsp3) is 0.467. The lowest BCUT2D eigenvalue weighted by Gasteiger charge is -2.28. The minimum Gasteiger partial charge on any atom is -0.352 e. The molecule has 0 fully saturated rings. The molecule has 0 bridgehead atoms. The molecule has 0 heterocycles. The topological polar surface area (TPSA) is 110 Å². The average Bonchev–Trinajstić information content (AvgIpc) is 2.49.